The number of methoxy groups -OCH3 is 2. The number of nitrogens with zero attached hydrogens (tertiary/aromatic N) is 4. The molecular formula is C66H83IN8O15. The van der Waals surface area contributed by atoms with Gasteiger partial charge < -0.3 is 73.7 Å². The predicted octanol–water partition coefficient (Wildman–Crippen LogP) is 8.55. The van der Waals surface area contributed by atoms with Crippen molar-refractivity contribution in [2.45, 2.75) is 91.1 Å². The number of carbonyl (C=O) groups excluding carboxylic acids is 6. The van der Waals surface area contributed by atoms with Crippen molar-refractivity contribution in [2.24, 2.45) is 10.9 Å². The van der Waals surface area contributed by atoms with Crippen molar-refractivity contribution in [3.05, 3.63) is 126 Å². The van der Waals surface area contributed by atoms with Gasteiger partial charge in [0.25, 0.3) is 5.91 Å². The molecule has 4 heterocycles. The lowest BCUT2D eigenvalue weighted by molar-refractivity contribution is -0.132. The number of alkyl halides is 1. The van der Waals surface area contributed by atoms with Gasteiger partial charge in [-0.2, -0.15) is 0 Å². The Hall–Kier alpha value is -8.04. The number of rotatable bonds is 34. The molecule has 4 atom stereocenters. The van der Waals surface area contributed by atoms with E-state index in [9.17, 15) is 28.8 Å². The van der Waals surface area contributed by atoms with Crippen LogP contribution in [0.15, 0.2) is 115 Å². The standard InChI is InChI=1S/C66H83IN8O15/c1-10-13-47-31-50-38-69-53-35-58(56(82-8)33-51(53)44(6)73(50)39-47)88-21-12-22-89-59-36-54-52(34-57(59)83-9)45(7)74-40-48(14-11-2)32-55(74)65(80)75(54)66(81)90-41-46-15-17-49(18-16-46)71-63(78)43(5)70-64(79)62(42(3)4)72-60(76)19-23-84-25-27-86-29-30-87-28-26-85-24-20-68-61(77)37-67/h10-11,13-18,33-36,38-40,42-43,50,55,62H,6-7,12,19-32,37,41H2,1-5,8-9H3,(H,68,77)(H,70,79)(H,71,78)(H,72,76)/b13-10+,14-11+/t43-,50-,55-,62-/m0/s1. The first kappa shape index (κ1) is 69.4. The number of aliphatic imine (C=N–C) groups is 1. The molecule has 0 bridgehead atoms. The van der Waals surface area contributed by atoms with Crippen molar-refractivity contribution in [2.75, 3.05) is 101 Å². The zero-order chi connectivity index (χ0) is 64.7. The molecule has 0 saturated carbocycles. The van der Waals surface area contributed by atoms with Crippen LogP contribution in [0.3, 0.4) is 0 Å². The van der Waals surface area contributed by atoms with E-state index >= 15 is 0 Å². The fraction of sp³-hybridized carbons (Fsp3) is 0.439. The van der Waals surface area contributed by atoms with Crippen LogP contribution in [0.1, 0.15) is 77.0 Å². The second kappa shape index (κ2) is 34.8. The number of hydrogen-bond acceptors (Lipinski definition) is 18. The van der Waals surface area contributed by atoms with E-state index in [0.717, 1.165) is 28.2 Å². The zero-order valence-corrected chi connectivity index (χ0v) is 54.4. The molecule has 4 N–H and O–H groups in total. The van der Waals surface area contributed by atoms with Gasteiger partial charge in [-0.3, -0.25) is 29.0 Å². The van der Waals surface area contributed by atoms with Gasteiger partial charge in [0.1, 0.15) is 24.7 Å². The maximum atomic E-state index is 14.7. The van der Waals surface area contributed by atoms with E-state index in [1.807, 2.05) is 79.2 Å². The van der Waals surface area contributed by atoms with Crippen molar-refractivity contribution >= 4 is 92.9 Å². The molecule has 484 valence electrons. The number of imide groups is 1. The first-order valence-corrected chi connectivity index (χ1v) is 31.5. The summed E-state index contributed by atoms with van der Waals surface area (Å²) in [5, 5.41) is 11.0. The number of benzene rings is 3. The van der Waals surface area contributed by atoms with E-state index in [1.54, 1.807) is 62.3 Å². The Bertz CT molecular complexity index is 3220. The molecule has 0 radical (unpaired) electrons. The SMILES string of the molecule is C=C1c2cc(OC)c(OCCCOc3cc4c(cc3OC)C(=C)N3C=C(/C=C/C)C[C@H]3C(=O)N4C(=O)OCc3ccc(NC(=O)[C@H](C)NC(=O)[C@@H](NC(=O)CCOCCOCCOCCOCCNC(=O)CI)C(C)C)cc3)cc2N=C[C@@H]2CC(/C=C/C)=CN12. The van der Waals surface area contributed by atoms with Crippen molar-refractivity contribution in [1.82, 2.24) is 25.8 Å². The highest BCUT2D eigenvalue weighted by Crippen LogP contribution is 2.46. The van der Waals surface area contributed by atoms with Crippen LogP contribution in [0.25, 0.3) is 11.4 Å². The Morgan fingerprint density at radius 3 is 1.91 bits per heavy atom. The molecule has 0 unspecified atom stereocenters. The van der Waals surface area contributed by atoms with Crippen LogP contribution < -0.4 is 45.1 Å². The Morgan fingerprint density at radius 1 is 0.700 bits per heavy atom. The average molecular weight is 1360 g/mol. The van der Waals surface area contributed by atoms with Gasteiger partial charge in [0, 0.05) is 84.8 Å². The Balaban J connectivity index is 0.889. The molecule has 0 spiro atoms. The molecular weight excluding hydrogens is 1270 g/mol. The number of nitrogens with one attached hydrogen (secondary N) is 4. The minimum absolute atomic E-state index is 0.00678. The summed E-state index contributed by atoms with van der Waals surface area (Å²) in [6.07, 6.45) is 14.4. The third kappa shape index (κ3) is 19.0. The highest BCUT2D eigenvalue weighted by atomic mass is 127. The summed E-state index contributed by atoms with van der Waals surface area (Å²) in [7, 11) is 3.09. The number of carbonyl (C=O) groups is 6. The Kier molecular flexibility index (Phi) is 26.8. The first-order chi connectivity index (χ1) is 43.5. The first-order valence-electron chi connectivity index (χ1n) is 30.0. The van der Waals surface area contributed by atoms with E-state index in [1.165, 1.54) is 19.6 Å². The third-order valence-electron chi connectivity index (χ3n) is 14.7. The lowest BCUT2D eigenvalue weighted by Gasteiger charge is -2.25. The Morgan fingerprint density at radius 2 is 1.29 bits per heavy atom. The minimum Gasteiger partial charge on any atom is -0.493 e. The topological polar surface area (TPSA) is 256 Å². The number of halogens is 1. The number of fused-ring (bicyclic) bond motifs is 4. The number of allylic oxidation sites excluding steroid dienone is 4. The van der Waals surface area contributed by atoms with E-state index in [0.29, 0.717) is 109 Å². The molecule has 6 amide bonds. The fourth-order valence-electron chi connectivity index (χ4n) is 10.1. The smallest absolute Gasteiger partial charge is 0.421 e. The summed E-state index contributed by atoms with van der Waals surface area (Å²) < 4.78 is 52.3. The lowest BCUT2D eigenvalue weighted by atomic mass is 10.0. The molecule has 24 heteroatoms. The molecule has 90 heavy (non-hydrogen) atoms. The summed E-state index contributed by atoms with van der Waals surface area (Å²) in [5.41, 5.74) is 6.49. The van der Waals surface area contributed by atoms with Gasteiger partial charge in [0.2, 0.25) is 23.6 Å². The van der Waals surface area contributed by atoms with Gasteiger partial charge in [0.15, 0.2) is 23.0 Å². The number of hydrogen-bond donors (Lipinski definition) is 4. The molecule has 0 aromatic heterocycles. The molecule has 3 aromatic rings. The zero-order valence-electron chi connectivity index (χ0n) is 52.3. The monoisotopic (exact) mass is 1350 g/mol. The molecule has 4 aliphatic rings. The number of anilines is 2. The molecule has 3 aromatic carbocycles. The van der Waals surface area contributed by atoms with E-state index in [2.05, 4.69) is 51.6 Å². The average Bonchev–Trinajstić information content (AvgIpc) is 1.67. The molecule has 7 rings (SSSR count). The van der Waals surface area contributed by atoms with Crippen molar-refractivity contribution in [3.8, 4) is 23.0 Å². The van der Waals surface area contributed by atoms with Crippen LogP contribution in [0.4, 0.5) is 21.9 Å². The van der Waals surface area contributed by atoms with Gasteiger partial charge in [-0.1, -0.05) is 86.0 Å². The fourth-order valence-corrected chi connectivity index (χ4v) is 10.4. The van der Waals surface area contributed by atoms with Crippen LogP contribution in [-0.4, -0.2) is 167 Å². The molecule has 0 fully saturated rings. The quantitative estimate of drug-likeness (QED) is 0.0248. The number of amides is 6. The van der Waals surface area contributed by atoms with Gasteiger partial charge >= 0.3 is 6.09 Å². The maximum Gasteiger partial charge on any atom is 0.421 e. The van der Waals surface area contributed by atoms with Crippen LogP contribution >= 0.6 is 22.6 Å². The largest absolute Gasteiger partial charge is 0.493 e. The molecule has 23 nitrogen and oxygen atoms in total. The third-order valence-corrected chi connectivity index (χ3v) is 15.4. The summed E-state index contributed by atoms with van der Waals surface area (Å²) >= 11 is 1.99. The maximum absolute atomic E-state index is 14.7. The summed E-state index contributed by atoms with van der Waals surface area (Å²) in [5.74, 6) is -0.646. The predicted molar refractivity (Wildman–Crippen MR) is 351 cm³/mol. The number of ether oxygens (including phenoxy) is 9. The van der Waals surface area contributed by atoms with Crippen LogP contribution in [0.5, 0.6) is 23.0 Å². The summed E-state index contributed by atoms with van der Waals surface area (Å²) in [6, 6.07) is 10.9. The van der Waals surface area contributed by atoms with Gasteiger partial charge in [-0.25, -0.2) is 9.69 Å². The van der Waals surface area contributed by atoms with Gasteiger partial charge in [-0.15, -0.1) is 0 Å². The van der Waals surface area contributed by atoms with Crippen LogP contribution in [-0.2, 0) is 54.3 Å². The highest BCUT2D eigenvalue weighted by molar-refractivity contribution is 14.1. The van der Waals surface area contributed by atoms with E-state index in [4.69, 9.17) is 47.6 Å². The second-order valence-corrected chi connectivity index (χ2v) is 22.4. The van der Waals surface area contributed by atoms with Crippen LogP contribution in [0, 0.1) is 5.92 Å². The Labute approximate surface area is 540 Å². The highest BCUT2D eigenvalue weighted by Gasteiger charge is 2.43. The van der Waals surface area contributed by atoms with E-state index in [-0.39, 0.29) is 68.8 Å². The van der Waals surface area contributed by atoms with Crippen molar-refractivity contribution in [1.29, 1.82) is 0 Å². The lowest BCUT2D eigenvalue weighted by Crippen LogP contribution is -2.53. The molecule has 0 aliphatic carbocycles. The summed E-state index contributed by atoms with van der Waals surface area (Å²) in [4.78, 5) is 89.6. The minimum atomic E-state index is -0.985. The van der Waals surface area contributed by atoms with Gasteiger partial charge in [-0.05, 0) is 74.1 Å². The van der Waals surface area contributed by atoms with Crippen molar-refractivity contribution < 1.29 is 71.4 Å². The second-order valence-electron chi connectivity index (χ2n) is 21.6. The van der Waals surface area contributed by atoms with Gasteiger partial charge in [0.05, 0.1) is 102 Å². The van der Waals surface area contributed by atoms with Crippen LogP contribution in [0.2, 0.25) is 0 Å². The molecule has 4 aliphatic heterocycles. The normalized spacial score (nSPS) is 16.5. The molecule has 0 saturated heterocycles. The summed E-state index contributed by atoms with van der Waals surface area (Å²) in [6.45, 7) is 21.0. The van der Waals surface area contributed by atoms with E-state index < -0.39 is 47.8 Å². The van der Waals surface area contributed by atoms with Crippen molar-refractivity contribution in [3.63, 3.8) is 0 Å².